The van der Waals surface area contributed by atoms with E-state index in [0.29, 0.717) is 25.3 Å². The molecule has 161 valence electrons. The van der Waals surface area contributed by atoms with E-state index in [9.17, 15) is 18.0 Å². The molecule has 5 rings (SSSR count). The number of nitrogens with zero attached hydrogens (tertiary/aromatic N) is 5. The van der Waals surface area contributed by atoms with Crippen molar-refractivity contribution in [1.29, 1.82) is 0 Å². The zero-order chi connectivity index (χ0) is 22.7. The van der Waals surface area contributed by atoms with Crippen molar-refractivity contribution < 1.29 is 22.5 Å². The molecule has 0 aliphatic carbocycles. The topological polar surface area (TPSA) is 63.4 Å². The minimum Gasteiger partial charge on any atom is -0.379 e. The number of azo groups is 1. The van der Waals surface area contributed by atoms with E-state index in [1.165, 1.54) is 17.0 Å². The van der Waals surface area contributed by atoms with E-state index in [-0.39, 0.29) is 16.4 Å². The van der Waals surface area contributed by atoms with Crippen molar-refractivity contribution in [2.75, 3.05) is 20.3 Å². The first-order valence-electron chi connectivity index (χ1n) is 9.80. The minimum absolute atomic E-state index is 0.146. The molecule has 0 amide bonds. The third kappa shape index (κ3) is 3.27. The van der Waals surface area contributed by atoms with Crippen LogP contribution in [0.25, 0.3) is 11.2 Å². The number of ether oxygens (including phenoxy) is 1. The lowest BCUT2D eigenvalue weighted by molar-refractivity contribution is -0.478. The summed E-state index contributed by atoms with van der Waals surface area (Å²) in [5.41, 5.74) is -1.01. The second kappa shape index (κ2) is 7.16. The van der Waals surface area contributed by atoms with Crippen LogP contribution in [0.15, 0.2) is 57.7 Å². The third-order valence-corrected chi connectivity index (χ3v) is 5.89. The van der Waals surface area contributed by atoms with Crippen molar-refractivity contribution in [3.05, 3.63) is 70.5 Å². The average Bonchev–Trinajstić information content (AvgIpc) is 3.26. The first kappa shape index (κ1) is 20.7. The van der Waals surface area contributed by atoms with Crippen LogP contribution in [0.4, 0.5) is 13.2 Å². The normalized spacial score (nSPS) is 18.2. The molecule has 1 saturated heterocycles. The van der Waals surface area contributed by atoms with Gasteiger partial charge >= 0.3 is 24.4 Å². The number of aromatic nitrogens is 2. The van der Waals surface area contributed by atoms with Gasteiger partial charge in [-0.3, -0.25) is 8.97 Å². The summed E-state index contributed by atoms with van der Waals surface area (Å²) in [6.45, 7) is 0.926. The molecule has 3 aromatic rings. The Kier molecular flexibility index (Phi) is 4.63. The molecule has 1 fully saturated rings. The van der Waals surface area contributed by atoms with Gasteiger partial charge in [0.15, 0.2) is 0 Å². The maximum atomic E-state index is 13.5. The van der Waals surface area contributed by atoms with Gasteiger partial charge < -0.3 is 4.74 Å². The van der Waals surface area contributed by atoms with Crippen molar-refractivity contribution >= 4 is 25.2 Å². The number of rotatable bonds is 4. The predicted molar refractivity (Wildman–Crippen MR) is 111 cm³/mol. The molecule has 4 heterocycles. The predicted octanol–water partition coefficient (Wildman–Crippen LogP) is 2.19. The van der Waals surface area contributed by atoms with Crippen LogP contribution in [-0.2, 0) is 16.3 Å². The molecule has 0 N–H and O–H groups in total. The maximum absolute atomic E-state index is 13.5. The van der Waals surface area contributed by atoms with E-state index in [1.807, 2.05) is 17.7 Å². The van der Waals surface area contributed by atoms with E-state index in [2.05, 4.69) is 10.2 Å². The summed E-state index contributed by atoms with van der Waals surface area (Å²) in [5, 5.41) is 8.07. The molecule has 7 nitrogen and oxygen atoms in total. The standard InChI is InChI=1S/C21H17BF3N5O2/c1-28-12-26-27-18(28)7-20(10-32-11-20)13-3-2-4-15(5-13)29-9-17-16(21(23,24)25)6-14(22)8-30(17)19(29)31/h2-6,8-9,12H,7,10-11H2,1H3/q+1. The number of hydrogen-bond donors (Lipinski definition) is 0. The number of fused-ring (bicyclic) bond motifs is 1. The second-order valence-electron chi connectivity index (χ2n) is 8.08. The molecule has 2 aromatic heterocycles. The van der Waals surface area contributed by atoms with E-state index in [4.69, 9.17) is 12.6 Å². The summed E-state index contributed by atoms with van der Waals surface area (Å²) in [6.07, 6.45) is 0.725. The van der Waals surface area contributed by atoms with Crippen molar-refractivity contribution in [2.24, 2.45) is 10.2 Å². The molecular formula is C21H17BF3N5O2+. The quantitative estimate of drug-likeness (QED) is 0.462. The molecule has 0 atom stereocenters. The van der Waals surface area contributed by atoms with E-state index in [1.54, 1.807) is 24.5 Å². The summed E-state index contributed by atoms with van der Waals surface area (Å²) >= 11 is 0. The van der Waals surface area contributed by atoms with E-state index < -0.39 is 17.4 Å². The molecule has 3 radical (unpaired) electrons. The number of hydrogen-bond acceptors (Lipinski definition) is 4. The van der Waals surface area contributed by atoms with Gasteiger partial charge in [0.05, 0.1) is 42.1 Å². The van der Waals surface area contributed by atoms with Crippen LogP contribution >= 0.6 is 0 Å². The van der Waals surface area contributed by atoms with Crippen molar-refractivity contribution in [3.63, 3.8) is 0 Å². The molecule has 2 aliphatic heterocycles. The molecule has 0 unspecified atom stereocenters. The van der Waals surface area contributed by atoms with Crippen LogP contribution in [0, 0.1) is 6.17 Å². The zero-order valence-corrected chi connectivity index (χ0v) is 17.0. The first-order valence-corrected chi connectivity index (χ1v) is 9.80. The molecule has 11 heteroatoms. The van der Waals surface area contributed by atoms with Gasteiger partial charge in [0.1, 0.15) is 7.85 Å². The Hall–Kier alpha value is -3.21. The highest BCUT2D eigenvalue weighted by atomic mass is 19.4. The Labute approximate surface area is 181 Å². The van der Waals surface area contributed by atoms with Crippen LogP contribution in [0.1, 0.15) is 17.5 Å². The minimum atomic E-state index is -4.65. The highest BCUT2D eigenvalue weighted by Crippen LogP contribution is 2.40. The highest BCUT2D eigenvalue weighted by molar-refractivity contribution is 6.32. The van der Waals surface area contributed by atoms with Crippen LogP contribution in [0.5, 0.6) is 0 Å². The first-order chi connectivity index (χ1) is 15.2. The Morgan fingerprint density at radius 2 is 2.03 bits per heavy atom. The Balaban J connectivity index is 1.59. The van der Waals surface area contributed by atoms with Crippen LogP contribution in [0.2, 0.25) is 0 Å². The van der Waals surface area contributed by atoms with Crippen molar-refractivity contribution in [3.8, 4) is 5.69 Å². The Morgan fingerprint density at radius 3 is 2.66 bits per heavy atom. The Morgan fingerprint density at radius 1 is 1.25 bits per heavy atom. The number of pyridine rings is 1. The molecule has 0 spiro atoms. The number of imidazole rings is 1. The van der Waals surface area contributed by atoms with E-state index >= 15 is 0 Å². The van der Waals surface area contributed by atoms with Crippen molar-refractivity contribution in [1.82, 2.24) is 8.97 Å². The summed E-state index contributed by atoms with van der Waals surface area (Å²) in [6, 6.07) is 8.00. The van der Waals surface area contributed by atoms with Crippen LogP contribution in [0.3, 0.4) is 0 Å². The molecule has 32 heavy (non-hydrogen) atoms. The number of halogens is 3. The molecule has 1 aromatic carbocycles. The van der Waals surface area contributed by atoms with E-state index in [0.717, 1.165) is 22.2 Å². The zero-order valence-electron chi connectivity index (χ0n) is 17.0. The maximum Gasteiger partial charge on any atom is 0.418 e. The van der Waals surface area contributed by atoms with Gasteiger partial charge in [-0.2, -0.15) is 13.2 Å². The average molecular weight is 439 g/mol. The molecule has 2 aliphatic rings. The number of benzene rings is 1. The lowest BCUT2D eigenvalue weighted by Crippen LogP contribution is -2.48. The van der Waals surface area contributed by atoms with Gasteiger partial charge in [0.25, 0.3) is 0 Å². The lowest BCUT2D eigenvalue weighted by atomic mass is 9.75. The molecule has 0 saturated carbocycles. The Bertz CT molecular complexity index is 1340. The SMILES string of the molecule is [B]c1cc(C(F)(F)F)c2cn(-c3cccc(C4(C[C]5N=NC=[N+]5C)COC4)c3)c(=O)n2c1. The second-order valence-corrected chi connectivity index (χ2v) is 8.08. The molecular weight excluding hydrogens is 422 g/mol. The lowest BCUT2D eigenvalue weighted by Gasteiger charge is -2.42. The fourth-order valence-electron chi connectivity index (χ4n) is 4.10. The fourth-order valence-corrected chi connectivity index (χ4v) is 4.10. The monoisotopic (exact) mass is 439 g/mol. The summed E-state index contributed by atoms with van der Waals surface area (Å²) in [4.78, 5) is 13.0. The van der Waals surface area contributed by atoms with Crippen LogP contribution in [-0.4, -0.2) is 48.0 Å². The smallest absolute Gasteiger partial charge is 0.379 e. The summed E-state index contributed by atoms with van der Waals surface area (Å²) in [5.74, 6) is 0. The van der Waals surface area contributed by atoms with Gasteiger partial charge in [-0.25, -0.2) is 9.37 Å². The highest BCUT2D eigenvalue weighted by Gasteiger charge is 2.46. The van der Waals surface area contributed by atoms with Gasteiger partial charge in [0.2, 0.25) is 0 Å². The van der Waals surface area contributed by atoms with Gasteiger partial charge in [0, 0.05) is 24.2 Å². The third-order valence-electron chi connectivity index (χ3n) is 5.89. The van der Waals surface area contributed by atoms with Gasteiger partial charge in [-0.05, 0) is 22.8 Å². The van der Waals surface area contributed by atoms with Crippen molar-refractivity contribution in [2.45, 2.75) is 18.0 Å². The number of alkyl halides is 3. The largest absolute Gasteiger partial charge is 0.418 e. The van der Waals surface area contributed by atoms with Crippen LogP contribution < -0.4 is 11.2 Å². The fraction of sp³-hybridized carbons (Fsp3) is 0.286. The molecule has 0 bridgehead atoms. The summed E-state index contributed by atoms with van der Waals surface area (Å²) < 4.78 is 50.0. The van der Waals surface area contributed by atoms with Gasteiger partial charge in [-0.1, -0.05) is 23.7 Å². The van der Waals surface area contributed by atoms with Gasteiger partial charge in [-0.15, -0.1) is 0 Å². The summed E-state index contributed by atoms with van der Waals surface area (Å²) in [7, 11) is 7.48.